The zero-order valence-electron chi connectivity index (χ0n) is 12.2. The molecular weight excluding hydrogens is 238 g/mol. The summed E-state index contributed by atoms with van der Waals surface area (Å²) in [4.78, 5) is 2.41. The van der Waals surface area contributed by atoms with E-state index in [0.29, 0.717) is 6.04 Å². The molecule has 2 unspecified atom stereocenters. The van der Waals surface area contributed by atoms with Gasteiger partial charge in [-0.3, -0.25) is 0 Å². The number of para-hydroxylation sites is 1. The Kier molecular flexibility index (Phi) is 4.83. The molecule has 1 N–H and O–H groups in total. The zero-order valence-corrected chi connectivity index (χ0v) is 12.2. The van der Waals surface area contributed by atoms with Crippen LogP contribution in [0.15, 0.2) is 24.3 Å². The Hall–Kier alpha value is -1.06. The van der Waals surface area contributed by atoms with Gasteiger partial charge in [0.1, 0.15) is 0 Å². The van der Waals surface area contributed by atoms with E-state index >= 15 is 0 Å². The van der Waals surface area contributed by atoms with Crippen LogP contribution in [-0.2, 0) is 4.74 Å². The van der Waals surface area contributed by atoms with Gasteiger partial charge in [0.25, 0.3) is 0 Å². The Morgan fingerprint density at radius 1 is 1.37 bits per heavy atom. The Morgan fingerprint density at radius 3 is 2.79 bits per heavy atom. The van der Waals surface area contributed by atoms with E-state index in [1.54, 1.807) is 0 Å². The lowest BCUT2D eigenvalue weighted by atomic mass is 10.0. The van der Waals surface area contributed by atoms with Crippen LogP contribution in [0.2, 0.25) is 0 Å². The summed E-state index contributed by atoms with van der Waals surface area (Å²) in [7, 11) is 0. The monoisotopic (exact) mass is 263 g/mol. The van der Waals surface area contributed by atoms with Crippen LogP contribution in [0.25, 0.3) is 0 Å². The maximum absolute atomic E-state index is 10.2. The van der Waals surface area contributed by atoms with Crippen LogP contribution in [0.5, 0.6) is 0 Å². The van der Waals surface area contributed by atoms with Crippen LogP contribution in [0, 0.1) is 0 Å². The molecule has 106 valence electrons. The Labute approximate surface area is 116 Å². The summed E-state index contributed by atoms with van der Waals surface area (Å²) in [6, 6.07) is 8.61. The van der Waals surface area contributed by atoms with E-state index < -0.39 is 0 Å². The maximum atomic E-state index is 10.2. The number of rotatable bonds is 4. The molecule has 0 aromatic heterocycles. The highest BCUT2D eigenvalue weighted by Crippen LogP contribution is 2.31. The van der Waals surface area contributed by atoms with Crippen LogP contribution >= 0.6 is 0 Å². The fourth-order valence-electron chi connectivity index (χ4n) is 2.73. The molecule has 3 atom stereocenters. The molecule has 0 saturated carbocycles. The van der Waals surface area contributed by atoms with E-state index in [0.717, 1.165) is 31.6 Å². The molecule has 1 aliphatic rings. The van der Waals surface area contributed by atoms with Gasteiger partial charge in [-0.2, -0.15) is 0 Å². The molecule has 3 heteroatoms. The maximum Gasteiger partial charge on any atom is 0.0807 e. The largest absolute Gasteiger partial charge is 0.388 e. The molecule has 1 saturated heterocycles. The van der Waals surface area contributed by atoms with Crippen LogP contribution in [0.4, 0.5) is 5.69 Å². The first kappa shape index (κ1) is 14.4. The first-order valence-corrected chi connectivity index (χ1v) is 7.32. The third kappa shape index (κ3) is 3.10. The molecule has 3 nitrogen and oxygen atoms in total. The second kappa shape index (κ2) is 6.40. The minimum atomic E-state index is -0.383. The van der Waals surface area contributed by atoms with Crippen molar-refractivity contribution in [2.45, 2.75) is 51.9 Å². The van der Waals surface area contributed by atoms with Gasteiger partial charge in [0.2, 0.25) is 0 Å². The molecule has 1 aliphatic heterocycles. The van der Waals surface area contributed by atoms with Crippen molar-refractivity contribution in [1.82, 2.24) is 0 Å². The molecule has 1 heterocycles. The summed E-state index contributed by atoms with van der Waals surface area (Å²) in [5.41, 5.74) is 2.20. The van der Waals surface area contributed by atoms with E-state index in [2.05, 4.69) is 24.8 Å². The van der Waals surface area contributed by atoms with Crippen molar-refractivity contribution in [3.8, 4) is 0 Å². The van der Waals surface area contributed by atoms with Crippen molar-refractivity contribution < 1.29 is 9.84 Å². The number of hydrogen-bond donors (Lipinski definition) is 1. The molecule has 19 heavy (non-hydrogen) atoms. The van der Waals surface area contributed by atoms with Gasteiger partial charge >= 0.3 is 0 Å². The number of aliphatic hydroxyl groups is 1. The SMILES string of the molecule is CCC1COC(C)CN1c1ccccc1[C@H](O)CC. The summed E-state index contributed by atoms with van der Waals surface area (Å²) in [6.45, 7) is 7.98. The summed E-state index contributed by atoms with van der Waals surface area (Å²) in [5.74, 6) is 0. The van der Waals surface area contributed by atoms with Gasteiger partial charge in [0.05, 0.1) is 24.9 Å². The number of anilines is 1. The van der Waals surface area contributed by atoms with Gasteiger partial charge in [-0.15, -0.1) is 0 Å². The lowest BCUT2D eigenvalue weighted by Crippen LogP contribution is -2.49. The van der Waals surface area contributed by atoms with Crippen LogP contribution in [-0.4, -0.2) is 30.4 Å². The Bertz CT molecular complexity index is 407. The number of ether oxygens (including phenoxy) is 1. The normalized spacial score (nSPS) is 25.4. The predicted octanol–water partition coefficient (Wildman–Crippen LogP) is 3.13. The lowest BCUT2D eigenvalue weighted by molar-refractivity contribution is 0.0296. The molecule has 0 spiro atoms. The van der Waals surface area contributed by atoms with Crippen molar-refractivity contribution in [2.75, 3.05) is 18.1 Å². The van der Waals surface area contributed by atoms with E-state index in [1.807, 2.05) is 25.1 Å². The number of benzene rings is 1. The van der Waals surface area contributed by atoms with Crippen molar-refractivity contribution >= 4 is 5.69 Å². The van der Waals surface area contributed by atoms with Gasteiger partial charge in [-0.25, -0.2) is 0 Å². The van der Waals surface area contributed by atoms with Gasteiger partial charge < -0.3 is 14.7 Å². The second-order valence-electron chi connectivity index (χ2n) is 5.34. The van der Waals surface area contributed by atoms with Crippen molar-refractivity contribution in [1.29, 1.82) is 0 Å². The molecule has 0 aliphatic carbocycles. The van der Waals surface area contributed by atoms with Crippen molar-refractivity contribution in [3.05, 3.63) is 29.8 Å². The highest BCUT2D eigenvalue weighted by atomic mass is 16.5. The quantitative estimate of drug-likeness (QED) is 0.906. The van der Waals surface area contributed by atoms with E-state index in [1.165, 1.54) is 5.69 Å². The summed E-state index contributed by atoms with van der Waals surface area (Å²) < 4.78 is 5.76. The van der Waals surface area contributed by atoms with E-state index in [9.17, 15) is 5.11 Å². The van der Waals surface area contributed by atoms with Gasteiger partial charge in [-0.05, 0) is 25.8 Å². The van der Waals surface area contributed by atoms with Crippen LogP contribution in [0.3, 0.4) is 0 Å². The predicted molar refractivity (Wildman–Crippen MR) is 78.5 cm³/mol. The van der Waals surface area contributed by atoms with E-state index in [-0.39, 0.29) is 12.2 Å². The smallest absolute Gasteiger partial charge is 0.0807 e. The fourth-order valence-corrected chi connectivity index (χ4v) is 2.73. The fraction of sp³-hybridized carbons (Fsp3) is 0.625. The molecule has 1 fully saturated rings. The lowest BCUT2D eigenvalue weighted by Gasteiger charge is -2.41. The average Bonchev–Trinajstić information content (AvgIpc) is 2.46. The van der Waals surface area contributed by atoms with E-state index in [4.69, 9.17) is 4.74 Å². The summed E-state index contributed by atoms with van der Waals surface area (Å²) in [6.07, 6.45) is 1.67. The average molecular weight is 263 g/mol. The minimum absolute atomic E-state index is 0.245. The molecule has 2 rings (SSSR count). The Morgan fingerprint density at radius 2 is 2.11 bits per heavy atom. The second-order valence-corrected chi connectivity index (χ2v) is 5.34. The summed E-state index contributed by atoms with van der Waals surface area (Å²) in [5, 5.41) is 10.2. The zero-order chi connectivity index (χ0) is 13.8. The molecule has 1 aromatic rings. The minimum Gasteiger partial charge on any atom is -0.388 e. The molecule has 0 radical (unpaired) electrons. The first-order valence-electron chi connectivity index (χ1n) is 7.32. The van der Waals surface area contributed by atoms with Crippen LogP contribution < -0.4 is 4.90 Å². The highest BCUT2D eigenvalue weighted by Gasteiger charge is 2.27. The topological polar surface area (TPSA) is 32.7 Å². The van der Waals surface area contributed by atoms with Crippen LogP contribution in [0.1, 0.15) is 45.3 Å². The Balaban J connectivity index is 2.33. The summed E-state index contributed by atoms with van der Waals surface area (Å²) >= 11 is 0. The third-order valence-electron chi connectivity index (χ3n) is 3.93. The standard InChI is InChI=1S/C16H25NO2/c1-4-13-11-19-12(3)10-17(13)15-9-7-6-8-14(15)16(18)5-2/h6-9,12-13,16,18H,4-5,10-11H2,1-3H3/t12?,13?,16-/m1/s1. The number of aliphatic hydroxyl groups excluding tert-OH is 1. The molecule has 1 aromatic carbocycles. The number of morpholine rings is 1. The molecule has 0 amide bonds. The van der Waals surface area contributed by atoms with Gasteiger partial charge in [0.15, 0.2) is 0 Å². The number of nitrogens with zero attached hydrogens (tertiary/aromatic N) is 1. The third-order valence-corrected chi connectivity index (χ3v) is 3.93. The van der Waals surface area contributed by atoms with Crippen molar-refractivity contribution in [2.24, 2.45) is 0 Å². The van der Waals surface area contributed by atoms with Crippen molar-refractivity contribution in [3.63, 3.8) is 0 Å². The number of hydrogen-bond acceptors (Lipinski definition) is 3. The molecule has 0 bridgehead atoms. The van der Waals surface area contributed by atoms with Gasteiger partial charge in [-0.1, -0.05) is 32.0 Å². The van der Waals surface area contributed by atoms with Gasteiger partial charge in [0, 0.05) is 17.8 Å². The first-order chi connectivity index (χ1) is 9.17. The molecular formula is C16H25NO2. The highest BCUT2D eigenvalue weighted by molar-refractivity contribution is 5.56.